The van der Waals surface area contributed by atoms with E-state index in [0.717, 1.165) is 11.1 Å². The fraction of sp³-hybridized carbons (Fsp3) is 0.0769. The standard InChI is InChI=1S/C13H8BrClF2/c14-11-7-9(3-6-12(11)17)13(15)8-1-4-10(16)5-2-8/h1-7,13H. The van der Waals surface area contributed by atoms with Crippen LogP contribution in [0.2, 0.25) is 0 Å². The van der Waals surface area contributed by atoms with Crippen molar-refractivity contribution in [3.63, 3.8) is 0 Å². The summed E-state index contributed by atoms with van der Waals surface area (Å²) in [5.74, 6) is -0.644. The monoisotopic (exact) mass is 316 g/mol. The number of hydrogen-bond donors (Lipinski definition) is 0. The highest BCUT2D eigenvalue weighted by Gasteiger charge is 2.12. The van der Waals surface area contributed by atoms with E-state index >= 15 is 0 Å². The van der Waals surface area contributed by atoms with E-state index in [9.17, 15) is 8.78 Å². The first-order valence-electron chi connectivity index (χ1n) is 4.92. The number of benzene rings is 2. The molecule has 0 bridgehead atoms. The minimum absolute atomic E-state index is 0.307. The maximum absolute atomic E-state index is 13.1. The summed E-state index contributed by atoms with van der Waals surface area (Å²) in [4.78, 5) is 0. The van der Waals surface area contributed by atoms with Gasteiger partial charge in [0.25, 0.3) is 0 Å². The second-order valence-electron chi connectivity index (χ2n) is 3.59. The van der Waals surface area contributed by atoms with Gasteiger partial charge in [-0.15, -0.1) is 11.6 Å². The van der Waals surface area contributed by atoms with Crippen molar-refractivity contribution >= 4 is 27.5 Å². The Hall–Kier alpha value is -0.930. The molecule has 0 aromatic heterocycles. The van der Waals surface area contributed by atoms with Crippen LogP contribution in [0.4, 0.5) is 8.78 Å². The van der Waals surface area contributed by atoms with Gasteiger partial charge in [-0.25, -0.2) is 8.78 Å². The normalized spacial score (nSPS) is 12.5. The number of hydrogen-bond acceptors (Lipinski definition) is 0. The third-order valence-electron chi connectivity index (χ3n) is 2.40. The molecular weight excluding hydrogens is 309 g/mol. The fourth-order valence-electron chi connectivity index (χ4n) is 1.49. The first-order valence-corrected chi connectivity index (χ1v) is 6.15. The average molecular weight is 318 g/mol. The van der Waals surface area contributed by atoms with Crippen molar-refractivity contribution in [1.29, 1.82) is 0 Å². The zero-order valence-corrected chi connectivity index (χ0v) is 11.0. The molecule has 0 spiro atoms. The van der Waals surface area contributed by atoms with E-state index in [-0.39, 0.29) is 11.6 Å². The van der Waals surface area contributed by atoms with Crippen LogP contribution < -0.4 is 0 Å². The molecule has 2 aromatic carbocycles. The van der Waals surface area contributed by atoms with E-state index in [0.29, 0.717) is 4.47 Å². The molecule has 0 nitrogen and oxygen atoms in total. The third kappa shape index (κ3) is 2.85. The van der Waals surface area contributed by atoms with Gasteiger partial charge in [0.15, 0.2) is 0 Å². The van der Waals surface area contributed by atoms with Gasteiger partial charge >= 0.3 is 0 Å². The van der Waals surface area contributed by atoms with Crippen molar-refractivity contribution < 1.29 is 8.78 Å². The smallest absolute Gasteiger partial charge is 0.137 e. The van der Waals surface area contributed by atoms with Gasteiger partial charge in [0.1, 0.15) is 11.6 Å². The van der Waals surface area contributed by atoms with Crippen LogP contribution in [0.5, 0.6) is 0 Å². The minimum Gasteiger partial charge on any atom is -0.207 e. The van der Waals surface area contributed by atoms with Crippen molar-refractivity contribution in [2.45, 2.75) is 5.38 Å². The predicted molar refractivity (Wildman–Crippen MR) is 68.2 cm³/mol. The lowest BCUT2D eigenvalue weighted by Gasteiger charge is -2.11. The topological polar surface area (TPSA) is 0 Å². The molecule has 17 heavy (non-hydrogen) atoms. The summed E-state index contributed by atoms with van der Waals surface area (Å²) in [5, 5.41) is -0.424. The zero-order valence-electron chi connectivity index (χ0n) is 8.63. The molecule has 0 aliphatic carbocycles. The number of rotatable bonds is 2. The Kier molecular flexibility index (Phi) is 3.79. The lowest BCUT2D eigenvalue weighted by molar-refractivity contribution is 0.620. The zero-order chi connectivity index (χ0) is 12.4. The predicted octanol–water partition coefficient (Wildman–Crippen LogP) is 5.06. The van der Waals surface area contributed by atoms with Crippen LogP contribution in [0.25, 0.3) is 0 Å². The van der Waals surface area contributed by atoms with Crippen LogP contribution in [0, 0.1) is 11.6 Å². The molecule has 0 radical (unpaired) electrons. The minimum atomic E-state index is -0.424. The molecule has 88 valence electrons. The van der Waals surface area contributed by atoms with Crippen LogP contribution in [0.3, 0.4) is 0 Å². The van der Waals surface area contributed by atoms with Gasteiger partial charge in [0.2, 0.25) is 0 Å². The summed E-state index contributed by atoms with van der Waals surface area (Å²) in [6.45, 7) is 0. The molecule has 0 aliphatic heterocycles. The van der Waals surface area contributed by atoms with Gasteiger partial charge in [0.05, 0.1) is 9.85 Å². The van der Waals surface area contributed by atoms with E-state index in [1.165, 1.54) is 18.2 Å². The number of halogens is 4. The Morgan fingerprint density at radius 2 is 1.53 bits per heavy atom. The highest BCUT2D eigenvalue weighted by atomic mass is 79.9. The second kappa shape index (κ2) is 5.15. The van der Waals surface area contributed by atoms with Gasteiger partial charge in [0, 0.05) is 0 Å². The van der Waals surface area contributed by atoms with E-state index in [4.69, 9.17) is 11.6 Å². The highest BCUT2D eigenvalue weighted by Crippen LogP contribution is 2.31. The van der Waals surface area contributed by atoms with Gasteiger partial charge < -0.3 is 0 Å². The average Bonchev–Trinajstić information content (AvgIpc) is 2.33. The summed E-state index contributed by atoms with van der Waals surface area (Å²) >= 11 is 9.35. The molecule has 2 rings (SSSR count). The van der Waals surface area contributed by atoms with Crippen LogP contribution in [0.1, 0.15) is 16.5 Å². The Labute approximate surface area is 111 Å². The van der Waals surface area contributed by atoms with E-state index in [2.05, 4.69) is 15.9 Å². The Bertz CT molecular complexity index is 525. The quantitative estimate of drug-likeness (QED) is 0.680. The molecule has 1 atom stereocenters. The SMILES string of the molecule is Fc1ccc(C(Cl)c2ccc(F)c(Br)c2)cc1. The van der Waals surface area contributed by atoms with Crippen LogP contribution in [-0.4, -0.2) is 0 Å². The van der Waals surface area contributed by atoms with Gasteiger partial charge in [-0.1, -0.05) is 18.2 Å². The van der Waals surface area contributed by atoms with Crippen LogP contribution >= 0.6 is 27.5 Å². The van der Waals surface area contributed by atoms with E-state index < -0.39 is 5.38 Å². The number of alkyl halides is 1. The lowest BCUT2D eigenvalue weighted by atomic mass is 10.0. The lowest BCUT2D eigenvalue weighted by Crippen LogP contribution is -1.94. The summed E-state index contributed by atoms with van der Waals surface area (Å²) in [6.07, 6.45) is 0. The summed E-state index contributed by atoms with van der Waals surface area (Å²) in [7, 11) is 0. The van der Waals surface area contributed by atoms with Gasteiger partial charge in [-0.2, -0.15) is 0 Å². The van der Waals surface area contributed by atoms with Crippen molar-refractivity contribution in [1.82, 2.24) is 0 Å². The van der Waals surface area contributed by atoms with Crippen molar-refractivity contribution in [3.8, 4) is 0 Å². The Balaban J connectivity index is 2.33. The molecule has 0 fully saturated rings. The first-order chi connectivity index (χ1) is 8.08. The van der Waals surface area contributed by atoms with Gasteiger partial charge in [-0.3, -0.25) is 0 Å². The fourth-order valence-corrected chi connectivity index (χ4v) is 2.17. The molecule has 0 aliphatic rings. The van der Waals surface area contributed by atoms with Crippen molar-refractivity contribution in [3.05, 3.63) is 69.7 Å². The summed E-state index contributed by atoms with van der Waals surface area (Å²) < 4.78 is 26.2. The van der Waals surface area contributed by atoms with Crippen molar-refractivity contribution in [2.75, 3.05) is 0 Å². The van der Waals surface area contributed by atoms with Crippen LogP contribution in [0.15, 0.2) is 46.9 Å². The van der Waals surface area contributed by atoms with Gasteiger partial charge in [-0.05, 0) is 51.3 Å². The first kappa shape index (κ1) is 12.5. The molecule has 0 amide bonds. The van der Waals surface area contributed by atoms with E-state index in [1.54, 1.807) is 24.3 Å². The van der Waals surface area contributed by atoms with Crippen LogP contribution in [-0.2, 0) is 0 Å². The molecule has 4 heteroatoms. The Morgan fingerprint density at radius 1 is 0.941 bits per heavy atom. The molecule has 0 heterocycles. The molecule has 1 unspecified atom stereocenters. The molecule has 0 N–H and O–H groups in total. The summed E-state index contributed by atoms with van der Waals surface area (Å²) in [6, 6.07) is 10.5. The molecule has 0 saturated heterocycles. The third-order valence-corrected chi connectivity index (χ3v) is 3.51. The second-order valence-corrected chi connectivity index (χ2v) is 4.88. The molecule has 0 saturated carbocycles. The highest BCUT2D eigenvalue weighted by molar-refractivity contribution is 9.10. The maximum Gasteiger partial charge on any atom is 0.137 e. The van der Waals surface area contributed by atoms with E-state index in [1.807, 2.05) is 0 Å². The molecule has 2 aromatic rings. The maximum atomic E-state index is 13.1. The Morgan fingerprint density at radius 3 is 2.12 bits per heavy atom. The molecular formula is C13H8BrClF2. The largest absolute Gasteiger partial charge is 0.207 e. The van der Waals surface area contributed by atoms with Crippen molar-refractivity contribution in [2.24, 2.45) is 0 Å². The summed E-state index contributed by atoms with van der Waals surface area (Å²) in [5.41, 5.74) is 1.53.